The second-order valence-corrected chi connectivity index (χ2v) is 12.6. The van der Waals surface area contributed by atoms with Crippen molar-refractivity contribution in [1.29, 1.82) is 0 Å². The number of rotatable bonds is 4. The van der Waals surface area contributed by atoms with Gasteiger partial charge in [0.05, 0.1) is 29.1 Å². The van der Waals surface area contributed by atoms with E-state index in [1.54, 1.807) is 29.2 Å². The predicted octanol–water partition coefficient (Wildman–Crippen LogP) is 6.19. The molecule has 2 bridgehead atoms. The summed E-state index contributed by atoms with van der Waals surface area (Å²) in [4.78, 5) is 57.7. The first-order valence-corrected chi connectivity index (χ1v) is 15.6. The molecule has 2 heterocycles. The molecular weight excluding hydrogens is 576 g/mol. The molecule has 5 aromatic carbocycles. The van der Waals surface area contributed by atoms with Gasteiger partial charge >= 0.3 is 5.97 Å². The molecule has 5 aromatic rings. The van der Waals surface area contributed by atoms with Crippen molar-refractivity contribution in [2.45, 2.75) is 18.3 Å². The Labute approximate surface area is 265 Å². The lowest BCUT2D eigenvalue weighted by Crippen LogP contribution is -2.41. The molecule has 7 heteroatoms. The Morgan fingerprint density at radius 3 is 1.87 bits per heavy atom. The minimum absolute atomic E-state index is 0.0398. The van der Waals surface area contributed by atoms with Gasteiger partial charge in [0, 0.05) is 36.3 Å². The minimum atomic E-state index is -0.652. The minimum Gasteiger partial charge on any atom is -0.426 e. The highest BCUT2D eigenvalue weighted by Gasteiger charge is 2.61. The molecule has 10 rings (SSSR count). The Balaban J connectivity index is 0.982. The molecule has 0 spiro atoms. The molecule has 0 radical (unpaired) electrons. The second-order valence-electron chi connectivity index (χ2n) is 12.6. The normalized spacial score (nSPS) is 24.3. The molecule has 2 saturated heterocycles. The van der Waals surface area contributed by atoms with Crippen molar-refractivity contribution in [2.24, 2.45) is 17.8 Å². The number of hydrogen-bond acceptors (Lipinski definition) is 5. The number of hydrogen-bond donors (Lipinski definition) is 0. The molecule has 5 aliphatic rings. The molecule has 0 aromatic heterocycles. The van der Waals surface area contributed by atoms with E-state index in [1.165, 1.54) is 4.90 Å². The highest BCUT2D eigenvalue weighted by atomic mass is 16.5. The van der Waals surface area contributed by atoms with E-state index in [0.717, 1.165) is 38.7 Å². The molecular formula is C39H28N2O5. The number of ether oxygens (including phenoxy) is 1. The smallest absolute Gasteiger partial charge is 0.316 e. The fourth-order valence-corrected chi connectivity index (χ4v) is 8.36. The highest BCUT2D eigenvalue weighted by Crippen LogP contribution is 2.61. The van der Waals surface area contributed by atoms with Gasteiger partial charge in [0.25, 0.3) is 0 Å². The fraction of sp³-hybridized carbons (Fsp3) is 0.179. The Kier molecular flexibility index (Phi) is 5.81. The van der Waals surface area contributed by atoms with Gasteiger partial charge in [-0.05, 0) is 45.8 Å². The fourth-order valence-electron chi connectivity index (χ4n) is 8.36. The van der Waals surface area contributed by atoms with Crippen LogP contribution in [0.2, 0.25) is 0 Å². The number of carbonyl (C=O) groups is 4. The monoisotopic (exact) mass is 604 g/mol. The van der Waals surface area contributed by atoms with Crippen LogP contribution in [0.15, 0.2) is 115 Å². The maximum absolute atomic E-state index is 14.2. The van der Waals surface area contributed by atoms with Gasteiger partial charge in [-0.1, -0.05) is 91.0 Å². The van der Waals surface area contributed by atoms with Gasteiger partial charge in [-0.2, -0.15) is 0 Å². The molecule has 0 saturated carbocycles. The zero-order chi connectivity index (χ0) is 31.1. The van der Waals surface area contributed by atoms with Gasteiger partial charge in [-0.15, -0.1) is 0 Å². The second kappa shape index (κ2) is 9.97. The summed E-state index contributed by atoms with van der Waals surface area (Å²) in [5.74, 6) is -2.96. The molecule has 2 aliphatic heterocycles. The molecule has 224 valence electrons. The van der Waals surface area contributed by atoms with Crippen LogP contribution in [0, 0.1) is 17.8 Å². The number of benzene rings is 5. The third-order valence-electron chi connectivity index (χ3n) is 10.3. The van der Waals surface area contributed by atoms with Crippen molar-refractivity contribution >= 4 is 45.8 Å². The van der Waals surface area contributed by atoms with Gasteiger partial charge in [0.15, 0.2) is 0 Å². The Bertz CT molecular complexity index is 2020. The summed E-state index contributed by atoms with van der Waals surface area (Å²) in [5, 5.41) is 1.96. The number of fused-ring (bicyclic) bond motifs is 1. The lowest BCUT2D eigenvalue weighted by molar-refractivity contribution is -0.139. The van der Waals surface area contributed by atoms with Crippen LogP contribution in [0.4, 0.5) is 11.4 Å². The lowest BCUT2D eigenvalue weighted by atomic mass is 9.55. The number of carbonyl (C=O) groups excluding carboxylic acids is 4. The zero-order valence-electron chi connectivity index (χ0n) is 24.7. The summed E-state index contributed by atoms with van der Waals surface area (Å²) in [6.45, 7) is 0.210. The van der Waals surface area contributed by atoms with E-state index in [-0.39, 0.29) is 48.3 Å². The summed E-state index contributed by atoms with van der Waals surface area (Å²) in [7, 11) is 0. The van der Waals surface area contributed by atoms with Crippen molar-refractivity contribution in [1.82, 2.24) is 0 Å². The van der Waals surface area contributed by atoms with Crippen LogP contribution >= 0.6 is 0 Å². The Hall–Kier alpha value is -5.56. The number of imide groups is 1. The Morgan fingerprint density at radius 2 is 1.22 bits per heavy atom. The first-order valence-electron chi connectivity index (χ1n) is 15.6. The average molecular weight is 605 g/mol. The highest BCUT2D eigenvalue weighted by molar-refractivity contribution is 6.23. The van der Waals surface area contributed by atoms with E-state index in [9.17, 15) is 19.2 Å². The van der Waals surface area contributed by atoms with Crippen LogP contribution in [0.1, 0.15) is 40.5 Å². The number of amides is 3. The number of esters is 1. The van der Waals surface area contributed by atoms with Gasteiger partial charge in [-0.3, -0.25) is 19.2 Å². The van der Waals surface area contributed by atoms with E-state index >= 15 is 0 Å². The standard InChI is InChI=1S/C39H28N2O5/c42-32-19-23(21-40(32)31-18-7-10-22-9-1-2-13-26(22)31)39(45)46-25-12-8-11-24(20-25)41-37(43)35-33-27-14-3-4-15-28(27)34(36(35)38(41)44)30-17-6-5-16-29(30)33/h1-18,20,23,33-36H,19,21H2/t23-,33?,34?,35+,36+/m0/s1. The lowest BCUT2D eigenvalue weighted by Gasteiger charge is -2.45. The third kappa shape index (κ3) is 3.78. The summed E-state index contributed by atoms with van der Waals surface area (Å²) in [5.41, 5.74) is 5.60. The molecule has 3 aliphatic carbocycles. The zero-order valence-corrected chi connectivity index (χ0v) is 24.7. The molecule has 46 heavy (non-hydrogen) atoms. The van der Waals surface area contributed by atoms with E-state index in [4.69, 9.17) is 4.74 Å². The number of nitrogens with zero attached hydrogens (tertiary/aromatic N) is 2. The van der Waals surface area contributed by atoms with Crippen LogP contribution < -0.4 is 14.5 Å². The quantitative estimate of drug-likeness (QED) is 0.139. The molecule has 3 amide bonds. The van der Waals surface area contributed by atoms with Gasteiger partial charge in [0.2, 0.25) is 17.7 Å². The summed E-state index contributed by atoms with van der Waals surface area (Å²) >= 11 is 0. The maximum Gasteiger partial charge on any atom is 0.316 e. The van der Waals surface area contributed by atoms with Crippen LogP contribution in [0.5, 0.6) is 5.75 Å². The van der Waals surface area contributed by atoms with Crippen molar-refractivity contribution in [3.8, 4) is 5.75 Å². The largest absolute Gasteiger partial charge is 0.426 e. The van der Waals surface area contributed by atoms with Crippen molar-refractivity contribution < 1.29 is 23.9 Å². The van der Waals surface area contributed by atoms with Crippen molar-refractivity contribution in [2.75, 3.05) is 16.3 Å². The first kappa shape index (κ1) is 26.8. The summed E-state index contributed by atoms with van der Waals surface area (Å²) in [6.07, 6.45) is 0.0398. The third-order valence-corrected chi connectivity index (χ3v) is 10.3. The van der Waals surface area contributed by atoms with E-state index in [0.29, 0.717) is 5.69 Å². The predicted molar refractivity (Wildman–Crippen MR) is 173 cm³/mol. The SMILES string of the molecule is O=C(Oc1cccc(N2C(=O)[C@@H]3C4c5ccccc5C(c5ccccc54)[C@H]3C2=O)c1)[C@H]1CC(=O)N(c2cccc3ccccc23)C1. The van der Waals surface area contributed by atoms with E-state index in [1.807, 2.05) is 66.7 Å². The first-order chi connectivity index (χ1) is 22.5. The van der Waals surface area contributed by atoms with Gasteiger partial charge < -0.3 is 9.64 Å². The van der Waals surface area contributed by atoms with E-state index in [2.05, 4.69) is 24.3 Å². The molecule has 0 unspecified atom stereocenters. The van der Waals surface area contributed by atoms with E-state index < -0.39 is 23.7 Å². The molecule has 2 fully saturated rings. The average Bonchev–Trinajstić information content (AvgIpc) is 3.61. The van der Waals surface area contributed by atoms with Gasteiger partial charge in [0.1, 0.15) is 5.75 Å². The maximum atomic E-state index is 14.2. The molecule has 3 atom stereocenters. The van der Waals surface area contributed by atoms with Gasteiger partial charge in [-0.25, -0.2) is 4.90 Å². The molecule has 0 N–H and O–H groups in total. The van der Waals surface area contributed by atoms with Crippen molar-refractivity contribution in [3.63, 3.8) is 0 Å². The van der Waals surface area contributed by atoms with Crippen LogP contribution in [0.3, 0.4) is 0 Å². The van der Waals surface area contributed by atoms with Crippen molar-refractivity contribution in [3.05, 3.63) is 138 Å². The molecule has 7 nitrogen and oxygen atoms in total. The van der Waals surface area contributed by atoms with Crippen LogP contribution in [0.25, 0.3) is 10.8 Å². The van der Waals surface area contributed by atoms with Crippen LogP contribution in [-0.2, 0) is 19.2 Å². The van der Waals surface area contributed by atoms with Crippen LogP contribution in [-0.4, -0.2) is 30.2 Å². The topological polar surface area (TPSA) is 84.0 Å². The summed E-state index contributed by atoms with van der Waals surface area (Å²) in [6, 6.07) is 36.5. The summed E-state index contributed by atoms with van der Waals surface area (Å²) < 4.78 is 5.80. The number of anilines is 2. The Morgan fingerprint density at radius 1 is 0.652 bits per heavy atom.